The summed E-state index contributed by atoms with van der Waals surface area (Å²) in [6.45, 7) is 2.67. The van der Waals surface area contributed by atoms with Gasteiger partial charge in [-0.3, -0.25) is 9.59 Å². The van der Waals surface area contributed by atoms with Crippen molar-refractivity contribution >= 4 is 11.8 Å². The van der Waals surface area contributed by atoms with Crippen LogP contribution in [-0.2, 0) is 4.79 Å². The SMILES string of the molecule is COc1cccc(C(=O)NCC(=O)N2CCC(Oc3cc(C)oc(=O)c3)CC2)c1. The predicted octanol–water partition coefficient (Wildman–Crippen LogP) is 1.76. The van der Waals surface area contributed by atoms with Crippen molar-refractivity contribution < 1.29 is 23.5 Å². The van der Waals surface area contributed by atoms with E-state index in [4.69, 9.17) is 13.9 Å². The van der Waals surface area contributed by atoms with Gasteiger partial charge in [-0.1, -0.05) is 6.07 Å². The van der Waals surface area contributed by atoms with Crippen molar-refractivity contribution in [1.29, 1.82) is 0 Å². The van der Waals surface area contributed by atoms with Gasteiger partial charge in [-0.15, -0.1) is 0 Å². The van der Waals surface area contributed by atoms with Crippen LogP contribution in [0, 0.1) is 6.92 Å². The number of hydrogen-bond donors (Lipinski definition) is 1. The van der Waals surface area contributed by atoms with E-state index in [1.807, 2.05) is 0 Å². The molecule has 3 rings (SSSR count). The molecule has 154 valence electrons. The van der Waals surface area contributed by atoms with Gasteiger partial charge in [0, 0.05) is 37.6 Å². The highest BCUT2D eigenvalue weighted by Crippen LogP contribution is 2.19. The van der Waals surface area contributed by atoms with Crippen molar-refractivity contribution in [1.82, 2.24) is 10.2 Å². The van der Waals surface area contributed by atoms with E-state index in [1.54, 1.807) is 42.2 Å². The minimum Gasteiger partial charge on any atom is -0.497 e. The normalized spacial score (nSPS) is 14.3. The Morgan fingerprint density at radius 2 is 1.93 bits per heavy atom. The third-order valence-corrected chi connectivity index (χ3v) is 4.70. The lowest BCUT2D eigenvalue weighted by Crippen LogP contribution is -2.46. The van der Waals surface area contributed by atoms with Gasteiger partial charge < -0.3 is 24.1 Å². The number of carbonyl (C=O) groups is 2. The summed E-state index contributed by atoms with van der Waals surface area (Å²) in [6, 6.07) is 9.74. The molecular formula is C21H24N2O6. The van der Waals surface area contributed by atoms with Crippen molar-refractivity contribution in [2.45, 2.75) is 25.9 Å². The summed E-state index contributed by atoms with van der Waals surface area (Å²) in [7, 11) is 1.53. The van der Waals surface area contributed by atoms with Crippen LogP contribution in [0.2, 0.25) is 0 Å². The molecule has 0 radical (unpaired) electrons. The number of methoxy groups -OCH3 is 1. The molecule has 0 atom stereocenters. The molecule has 0 aliphatic carbocycles. The average Bonchev–Trinajstić information content (AvgIpc) is 2.71. The number of benzene rings is 1. The van der Waals surface area contributed by atoms with Crippen LogP contribution in [0.5, 0.6) is 11.5 Å². The summed E-state index contributed by atoms with van der Waals surface area (Å²) in [4.78, 5) is 37.7. The second-order valence-corrected chi connectivity index (χ2v) is 6.84. The van der Waals surface area contributed by atoms with E-state index in [9.17, 15) is 14.4 Å². The zero-order valence-electron chi connectivity index (χ0n) is 16.5. The minimum atomic E-state index is -0.445. The summed E-state index contributed by atoms with van der Waals surface area (Å²) in [5.41, 5.74) is -0.00807. The molecule has 0 unspecified atom stereocenters. The Kier molecular flexibility index (Phi) is 6.54. The molecule has 0 spiro atoms. The standard InChI is InChI=1S/C21H24N2O6/c1-14-10-18(12-20(25)28-14)29-16-6-8-23(9-7-16)19(24)13-22-21(26)15-4-3-5-17(11-15)27-2/h3-5,10-12,16H,6-9,13H2,1-2H3,(H,22,26). The first kappa shape index (κ1) is 20.4. The number of amides is 2. The smallest absolute Gasteiger partial charge is 0.339 e. The van der Waals surface area contributed by atoms with Crippen molar-refractivity contribution in [3.8, 4) is 11.5 Å². The van der Waals surface area contributed by atoms with Crippen LogP contribution in [-0.4, -0.2) is 49.6 Å². The lowest BCUT2D eigenvalue weighted by molar-refractivity contribution is -0.131. The number of ether oxygens (including phenoxy) is 2. The lowest BCUT2D eigenvalue weighted by atomic mass is 10.1. The maximum atomic E-state index is 12.4. The highest BCUT2D eigenvalue weighted by Gasteiger charge is 2.24. The highest BCUT2D eigenvalue weighted by molar-refractivity contribution is 5.96. The summed E-state index contributed by atoms with van der Waals surface area (Å²) < 4.78 is 15.9. The molecule has 2 amide bonds. The molecule has 8 nitrogen and oxygen atoms in total. The van der Waals surface area contributed by atoms with Crippen LogP contribution in [0.15, 0.2) is 45.6 Å². The van der Waals surface area contributed by atoms with Gasteiger partial charge in [0.05, 0.1) is 19.7 Å². The van der Waals surface area contributed by atoms with E-state index in [0.717, 1.165) is 0 Å². The third kappa shape index (κ3) is 5.60. The number of likely N-dealkylation sites (tertiary alicyclic amines) is 1. The number of aryl methyl sites for hydroxylation is 1. The second-order valence-electron chi connectivity index (χ2n) is 6.84. The molecule has 0 saturated carbocycles. The van der Waals surface area contributed by atoms with Gasteiger partial charge in [0.25, 0.3) is 5.91 Å². The van der Waals surface area contributed by atoms with E-state index in [2.05, 4.69) is 5.32 Å². The zero-order valence-corrected chi connectivity index (χ0v) is 16.5. The number of hydrogen-bond acceptors (Lipinski definition) is 6. The first-order valence-corrected chi connectivity index (χ1v) is 9.43. The minimum absolute atomic E-state index is 0.0690. The molecule has 1 saturated heterocycles. The van der Waals surface area contributed by atoms with E-state index in [1.165, 1.54) is 13.2 Å². The van der Waals surface area contributed by atoms with Crippen LogP contribution in [0.4, 0.5) is 0 Å². The molecule has 1 aliphatic heterocycles. The van der Waals surface area contributed by atoms with Crippen molar-refractivity contribution in [2.24, 2.45) is 0 Å². The zero-order chi connectivity index (χ0) is 20.8. The molecule has 1 N–H and O–H groups in total. The van der Waals surface area contributed by atoms with Crippen LogP contribution in [0.3, 0.4) is 0 Å². The van der Waals surface area contributed by atoms with Gasteiger partial charge in [0.2, 0.25) is 5.91 Å². The Bertz CT molecular complexity index is 931. The van der Waals surface area contributed by atoms with Crippen LogP contribution >= 0.6 is 0 Å². The Morgan fingerprint density at radius 3 is 2.62 bits per heavy atom. The summed E-state index contributed by atoms with van der Waals surface area (Å²) >= 11 is 0. The van der Waals surface area contributed by atoms with E-state index in [-0.39, 0.29) is 24.5 Å². The molecule has 29 heavy (non-hydrogen) atoms. The molecule has 8 heteroatoms. The summed E-state index contributed by atoms with van der Waals surface area (Å²) in [5, 5.41) is 2.65. The lowest BCUT2D eigenvalue weighted by Gasteiger charge is -2.32. The van der Waals surface area contributed by atoms with E-state index < -0.39 is 5.63 Å². The summed E-state index contributed by atoms with van der Waals surface area (Å²) in [6.07, 6.45) is 1.22. The Morgan fingerprint density at radius 1 is 1.17 bits per heavy atom. The van der Waals surface area contributed by atoms with Crippen LogP contribution in [0.25, 0.3) is 0 Å². The predicted molar refractivity (Wildman–Crippen MR) is 105 cm³/mol. The number of nitrogens with zero attached hydrogens (tertiary/aromatic N) is 1. The first-order chi connectivity index (χ1) is 13.9. The van der Waals surface area contributed by atoms with Gasteiger partial charge in [-0.2, -0.15) is 0 Å². The van der Waals surface area contributed by atoms with Gasteiger partial charge in [-0.25, -0.2) is 4.79 Å². The molecule has 1 aliphatic rings. The fraction of sp³-hybridized carbons (Fsp3) is 0.381. The largest absolute Gasteiger partial charge is 0.497 e. The Labute approximate surface area is 168 Å². The Hall–Kier alpha value is -3.29. The summed E-state index contributed by atoms with van der Waals surface area (Å²) in [5.74, 6) is 1.09. The second kappa shape index (κ2) is 9.27. The van der Waals surface area contributed by atoms with Crippen LogP contribution < -0.4 is 20.4 Å². The molecule has 0 bridgehead atoms. The van der Waals surface area contributed by atoms with Crippen molar-refractivity contribution in [2.75, 3.05) is 26.7 Å². The van der Waals surface area contributed by atoms with Gasteiger partial charge in [0.1, 0.15) is 23.4 Å². The number of nitrogens with one attached hydrogen (secondary N) is 1. The molecular weight excluding hydrogens is 376 g/mol. The highest BCUT2D eigenvalue weighted by atomic mass is 16.5. The average molecular weight is 400 g/mol. The van der Waals surface area contributed by atoms with Crippen LogP contribution in [0.1, 0.15) is 29.0 Å². The monoisotopic (exact) mass is 400 g/mol. The fourth-order valence-electron chi connectivity index (χ4n) is 3.19. The number of carbonyl (C=O) groups excluding carboxylic acids is 2. The maximum Gasteiger partial charge on any atom is 0.339 e. The molecule has 1 aromatic heterocycles. The third-order valence-electron chi connectivity index (χ3n) is 4.70. The topological polar surface area (TPSA) is 98.1 Å². The first-order valence-electron chi connectivity index (χ1n) is 9.43. The quantitative estimate of drug-likeness (QED) is 0.793. The van der Waals surface area contributed by atoms with Crippen molar-refractivity contribution in [3.63, 3.8) is 0 Å². The number of piperidine rings is 1. The van der Waals surface area contributed by atoms with Gasteiger partial charge >= 0.3 is 5.63 Å². The molecule has 2 aromatic rings. The molecule has 1 aromatic carbocycles. The molecule has 1 fully saturated rings. The van der Waals surface area contributed by atoms with Gasteiger partial charge in [-0.05, 0) is 25.1 Å². The number of rotatable bonds is 6. The molecule has 2 heterocycles. The fourth-order valence-corrected chi connectivity index (χ4v) is 3.19. The van der Waals surface area contributed by atoms with E-state index >= 15 is 0 Å². The van der Waals surface area contributed by atoms with Gasteiger partial charge in [0.15, 0.2) is 0 Å². The van der Waals surface area contributed by atoms with E-state index in [0.29, 0.717) is 48.8 Å². The maximum absolute atomic E-state index is 12.4. The Balaban J connectivity index is 1.46. The van der Waals surface area contributed by atoms with Crippen molar-refractivity contribution in [3.05, 3.63) is 58.1 Å².